The van der Waals surface area contributed by atoms with Crippen molar-refractivity contribution < 1.29 is 0 Å². The quantitative estimate of drug-likeness (QED) is 0.509. The number of fused-ring (bicyclic) bond motifs is 3. The van der Waals surface area contributed by atoms with Crippen molar-refractivity contribution in [3.63, 3.8) is 0 Å². The molecule has 3 heterocycles. The van der Waals surface area contributed by atoms with E-state index in [1.54, 1.807) is 11.3 Å². The lowest BCUT2D eigenvalue weighted by Gasteiger charge is -1.71. The van der Waals surface area contributed by atoms with Crippen molar-refractivity contribution in [1.29, 1.82) is 0 Å². The molecule has 0 aliphatic carbocycles. The summed E-state index contributed by atoms with van der Waals surface area (Å²) in [5.74, 6) is 0. The molecule has 53 valence electrons. The van der Waals surface area contributed by atoms with E-state index in [0.717, 1.165) is 0 Å². The van der Waals surface area contributed by atoms with Crippen LogP contribution in [0.1, 0.15) is 0 Å². The Balaban J connectivity index is 2.75. The van der Waals surface area contributed by atoms with E-state index >= 15 is 0 Å². The van der Waals surface area contributed by atoms with Gasteiger partial charge in [0.15, 0.2) is 0 Å². The second kappa shape index (κ2) is 2.06. The van der Waals surface area contributed by atoms with Gasteiger partial charge in [0.1, 0.15) is 0 Å². The second-order valence-electron chi connectivity index (χ2n) is 2.25. The normalized spacial score (nSPS) is 11.6. The van der Waals surface area contributed by atoms with Gasteiger partial charge in [-0.3, -0.25) is 0 Å². The van der Waals surface area contributed by atoms with E-state index in [4.69, 9.17) is 0 Å². The molecule has 3 aromatic heterocycles. The fourth-order valence-electron chi connectivity index (χ4n) is 1.15. The van der Waals surface area contributed by atoms with Gasteiger partial charge in [0.2, 0.25) is 0 Å². The molecule has 1 radical (unpaired) electrons. The zero-order valence-electron chi connectivity index (χ0n) is 5.46. The molecule has 0 bridgehead atoms. The first-order chi connectivity index (χ1) is 5.45. The molecule has 0 spiro atoms. The van der Waals surface area contributed by atoms with Gasteiger partial charge in [0.05, 0.1) is 14.1 Å². The Morgan fingerprint density at radius 3 is 3.18 bits per heavy atom. The zero-order chi connectivity index (χ0) is 7.26. The Bertz CT molecular complexity index is 452. The first-order valence-corrected chi connectivity index (χ1v) is 5.77. The molecule has 11 heavy (non-hydrogen) atoms. The highest BCUT2D eigenvalue weighted by molar-refractivity contribution is 7.37. The van der Waals surface area contributed by atoms with Crippen LogP contribution in [0.3, 0.4) is 0 Å². The highest BCUT2D eigenvalue weighted by Gasteiger charge is 2.05. The predicted molar refractivity (Wildman–Crippen MR) is 53.9 cm³/mol. The van der Waals surface area contributed by atoms with Crippen molar-refractivity contribution in [3.05, 3.63) is 22.9 Å². The summed E-state index contributed by atoms with van der Waals surface area (Å²) in [7, 11) is 0. The molecule has 0 unspecified atom stereocenters. The third-order valence-corrected chi connectivity index (χ3v) is 4.91. The van der Waals surface area contributed by atoms with Crippen molar-refractivity contribution in [3.8, 4) is 0 Å². The molecule has 0 atom stereocenters. The number of hydrogen-bond acceptors (Lipinski definition) is 3. The molecule has 0 aliphatic heterocycles. The van der Waals surface area contributed by atoms with Crippen LogP contribution < -0.4 is 0 Å². The van der Waals surface area contributed by atoms with Crippen LogP contribution in [-0.4, -0.2) is 0 Å². The summed E-state index contributed by atoms with van der Waals surface area (Å²) in [6.45, 7) is 0. The maximum Gasteiger partial charge on any atom is 0.0635 e. The third-order valence-electron chi connectivity index (χ3n) is 1.62. The molecule has 3 heteroatoms. The molecule has 0 amide bonds. The molecule has 0 N–H and O–H groups in total. The minimum absolute atomic E-state index is 1.32. The van der Waals surface area contributed by atoms with Gasteiger partial charge >= 0.3 is 0 Å². The van der Waals surface area contributed by atoms with E-state index in [9.17, 15) is 0 Å². The predicted octanol–water partition coefficient (Wildman–Crippen LogP) is 3.98. The molecule has 3 aromatic rings. The molecular weight excluding hydrogens is 192 g/mol. The fraction of sp³-hybridized carbons (Fsp3) is 0. The average molecular weight is 195 g/mol. The summed E-state index contributed by atoms with van der Waals surface area (Å²) in [6.07, 6.45) is 0. The Hall–Kier alpha value is -0.380. The van der Waals surface area contributed by atoms with E-state index in [0.29, 0.717) is 0 Å². The van der Waals surface area contributed by atoms with Crippen molar-refractivity contribution in [2.75, 3.05) is 0 Å². The summed E-state index contributed by atoms with van der Waals surface area (Å²) in [6, 6.07) is 5.42. The summed E-state index contributed by atoms with van der Waals surface area (Å²) >= 11 is 5.46. The van der Waals surface area contributed by atoms with E-state index in [-0.39, 0.29) is 0 Å². The Morgan fingerprint density at radius 1 is 1.18 bits per heavy atom. The van der Waals surface area contributed by atoms with E-state index in [1.165, 1.54) is 18.8 Å². The lowest BCUT2D eigenvalue weighted by molar-refractivity contribution is 2.20. The van der Waals surface area contributed by atoms with Crippen LogP contribution in [0.4, 0.5) is 0 Å². The fourth-order valence-corrected chi connectivity index (χ4v) is 4.54. The maximum atomic E-state index is 3.24. The summed E-state index contributed by atoms with van der Waals surface area (Å²) < 4.78 is 5.58. The molecule has 0 saturated carbocycles. The monoisotopic (exact) mass is 195 g/mol. The molecule has 0 aliphatic rings. The number of rotatable bonds is 0. The second-order valence-corrected chi connectivity index (χ2v) is 5.10. The van der Waals surface area contributed by atoms with Gasteiger partial charge in [-0.25, -0.2) is 0 Å². The van der Waals surface area contributed by atoms with E-state index in [2.05, 4.69) is 17.5 Å². The van der Waals surface area contributed by atoms with Gasteiger partial charge in [0.25, 0.3) is 0 Å². The van der Waals surface area contributed by atoms with Crippen LogP contribution >= 0.6 is 34.0 Å². The summed E-state index contributed by atoms with van der Waals surface area (Å²) in [5.41, 5.74) is 0. The van der Waals surface area contributed by atoms with Crippen LogP contribution in [0, 0.1) is 6.07 Å². The molecular formula is C8H3S3. The largest absolute Gasteiger partial charge is 0.141 e. The molecule has 0 nitrogen and oxygen atoms in total. The van der Waals surface area contributed by atoms with Crippen LogP contribution in [0.25, 0.3) is 18.8 Å². The zero-order valence-corrected chi connectivity index (χ0v) is 7.91. The van der Waals surface area contributed by atoms with Crippen molar-refractivity contribution in [1.82, 2.24) is 0 Å². The van der Waals surface area contributed by atoms with Gasteiger partial charge < -0.3 is 0 Å². The molecule has 0 aromatic carbocycles. The molecule has 0 saturated heterocycles. The van der Waals surface area contributed by atoms with E-state index < -0.39 is 0 Å². The minimum atomic E-state index is 1.32. The van der Waals surface area contributed by atoms with Crippen LogP contribution in [0.15, 0.2) is 16.8 Å². The molecule has 3 rings (SSSR count). The van der Waals surface area contributed by atoms with Gasteiger partial charge in [0, 0.05) is 16.1 Å². The summed E-state index contributed by atoms with van der Waals surface area (Å²) in [4.78, 5) is 0. The SMILES string of the molecule is [c]1csc2c1sc1ccsc12. The van der Waals surface area contributed by atoms with Gasteiger partial charge in [-0.15, -0.1) is 34.0 Å². The standard InChI is InChI=1S/C8H3S3/c1-3-9-7-5(1)11-6-2-4-10-8(6)7/h1,3-4H. The highest BCUT2D eigenvalue weighted by atomic mass is 32.1. The van der Waals surface area contributed by atoms with Crippen LogP contribution in [-0.2, 0) is 0 Å². The van der Waals surface area contributed by atoms with Gasteiger partial charge in [-0.2, -0.15) is 0 Å². The van der Waals surface area contributed by atoms with Crippen LogP contribution in [0.2, 0.25) is 0 Å². The van der Waals surface area contributed by atoms with E-state index in [1.807, 2.05) is 28.1 Å². The maximum absolute atomic E-state index is 3.24. The minimum Gasteiger partial charge on any atom is -0.141 e. The average Bonchev–Trinajstić information content (AvgIpc) is 2.52. The number of thiophene rings is 3. The van der Waals surface area contributed by atoms with Crippen LogP contribution in [0.5, 0.6) is 0 Å². The first kappa shape index (κ1) is 6.17. The Morgan fingerprint density at radius 2 is 2.18 bits per heavy atom. The third kappa shape index (κ3) is 0.732. The van der Waals surface area contributed by atoms with Crippen molar-refractivity contribution in [2.45, 2.75) is 0 Å². The Labute approximate surface area is 75.7 Å². The van der Waals surface area contributed by atoms with Gasteiger partial charge in [-0.05, 0) is 11.4 Å². The first-order valence-electron chi connectivity index (χ1n) is 3.20. The number of hydrogen-bond donors (Lipinski definition) is 0. The smallest absolute Gasteiger partial charge is 0.0635 e. The van der Waals surface area contributed by atoms with Gasteiger partial charge in [-0.1, -0.05) is 0 Å². The molecule has 0 fully saturated rings. The Kier molecular flexibility index (Phi) is 1.16. The van der Waals surface area contributed by atoms with Crippen molar-refractivity contribution >= 4 is 52.8 Å². The lowest BCUT2D eigenvalue weighted by Crippen LogP contribution is -1.39. The lowest BCUT2D eigenvalue weighted by atomic mass is 10.5. The highest BCUT2D eigenvalue weighted by Crippen LogP contribution is 2.39. The van der Waals surface area contributed by atoms with Crippen molar-refractivity contribution in [2.24, 2.45) is 0 Å². The summed E-state index contributed by atoms with van der Waals surface area (Å²) in [5, 5.41) is 4.20. The topological polar surface area (TPSA) is 0 Å².